The molecule has 2 rings (SSSR count). The van der Waals surface area contributed by atoms with Gasteiger partial charge in [-0.1, -0.05) is 20.3 Å². The van der Waals surface area contributed by atoms with Crippen molar-refractivity contribution in [3.63, 3.8) is 0 Å². The van der Waals surface area contributed by atoms with Gasteiger partial charge in [-0.2, -0.15) is 0 Å². The normalized spacial score (nSPS) is 53.1. The van der Waals surface area contributed by atoms with Gasteiger partial charge in [0.15, 0.2) is 0 Å². The average molecular weight is 197 g/mol. The van der Waals surface area contributed by atoms with Crippen molar-refractivity contribution >= 4 is 0 Å². The van der Waals surface area contributed by atoms with Gasteiger partial charge in [0, 0.05) is 5.54 Å². The van der Waals surface area contributed by atoms with Gasteiger partial charge in [0.05, 0.1) is 5.60 Å². The highest BCUT2D eigenvalue weighted by atomic mass is 16.3. The Bertz CT molecular complexity index is 220. The highest BCUT2D eigenvalue weighted by molar-refractivity contribution is 5.18. The van der Waals surface area contributed by atoms with Gasteiger partial charge in [-0.25, -0.2) is 0 Å². The molecule has 3 N–H and O–H groups in total. The molecule has 2 saturated carbocycles. The van der Waals surface area contributed by atoms with Crippen LogP contribution in [0.25, 0.3) is 0 Å². The van der Waals surface area contributed by atoms with Gasteiger partial charge in [0.25, 0.3) is 0 Å². The molecule has 0 spiro atoms. The van der Waals surface area contributed by atoms with Crippen LogP contribution < -0.4 is 5.73 Å². The fraction of sp³-hybridized carbons (Fsp3) is 1.00. The van der Waals surface area contributed by atoms with Crippen molar-refractivity contribution < 1.29 is 5.11 Å². The summed E-state index contributed by atoms with van der Waals surface area (Å²) in [6, 6.07) is 0. The van der Waals surface area contributed by atoms with E-state index in [1.54, 1.807) is 0 Å². The largest absolute Gasteiger partial charge is 0.388 e. The first-order valence-corrected chi connectivity index (χ1v) is 6.03. The molecule has 0 aromatic heterocycles. The fourth-order valence-corrected chi connectivity index (χ4v) is 3.13. The van der Waals surface area contributed by atoms with Crippen LogP contribution in [-0.4, -0.2) is 16.2 Å². The number of rotatable bonds is 2. The third-order valence-corrected chi connectivity index (χ3v) is 4.74. The van der Waals surface area contributed by atoms with E-state index in [0.29, 0.717) is 5.92 Å². The summed E-state index contributed by atoms with van der Waals surface area (Å²) in [5, 5.41) is 10.5. The molecule has 0 radical (unpaired) electrons. The average Bonchev–Trinajstić information content (AvgIpc) is 2.78. The highest BCUT2D eigenvalue weighted by Crippen LogP contribution is 2.54. The standard InChI is InChI=1S/C12H23NO/c1-3-10-4-6-11(14,7-5-10)12(13)8-9(12)2/h9-10,14H,3-8,13H2,1-2H3. The lowest BCUT2D eigenvalue weighted by atomic mass is 9.72. The molecule has 2 fully saturated rings. The van der Waals surface area contributed by atoms with Crippen LogP contribution in [0.3, 0.4) is 0 Å². The topological polar surface area (TPSA) is 46.2 Å². The first kappa shape index (κ1) is 10.4. The summed E-state index contributed by atoms with van der Waals surface area (Å²) in [6.07, 6.45) is 6.44. The molecule has 14 heavy (non-hydrogen) atoms. The Hall–Kier alpha value is -0.0800. The van der Waals surface area contributed by atoms with Crippen LogP contribution in [0.4, 0.5) is 0 Å². The third kappa shape index (κ3) is 1.40. The van der Waals surface area contributed by atoms with E-state index in [1.165, 1.54) is 19.3 Å². The van der Waals surface area contributed by atoms with Gasteiger partial charge in [-0.15, -0.1) is 0 Å². The van der Waals surface area contributed by atoms with Crippen LogP contribution in [0.2, 0.25) is 0 Å². The Balaban J connectivity index is 1.99. The molecule has 0 heterocycles. The molecule has 2 unspecified atom stereocenters. The zero-order chi connectivity index (χ0) is 10.4. The van der Waals surface area contributed by atoms with Crippen molar-refractivity contribution in [2.45, 2.75) is 63.5 Å². The number of nitrogens with two attached hydrogens (primary N) is 1. The van der Waals surface area contributed by atoms with Gasteiger partial charge in [-0.3, -0.25) is 0 Å². The van der Waals surface area contributed by atoms with E-state index in [2.05, 4.69) is 13.8 Å². The lowest BCUT2D eigenvalue weighted by Crippen LogP contribution is -2.53. The van der Waals surface area contributed by atoms with Crippen molar-refractivity contribution in [3.05, 3.63) is 0 Å². The minimum absolute atomic E-state index is 0.244. The molecule has 0 aromatic rings. The van der Waals surface area contributed by atoms with E-state index in [1.807, 2.05) is 0 Å². The van der Waals surface area contributed by atoms with E-state index in [-0.39, 0.29) is 5.54 Å². The summed E-state index contributed by atoms with van der Waals surface area (Å²) in [6.45, 7) is 4.40. The van der Waals surface area contributed by atoms with E-state index in [4.69, 9.17) is 5.73 Å². The predicted octanol–water partition coefficient (Wildman–Crippen LogP) is 2.06. The maximum Gasteiger partial charge on any atom is 0.0829 e. The monoisotopic (exact) mass is 197 g/mol. The zero-order valence-electron chi connectivity index (χ0n) is 9.42. The molecular weight excluding hydrogens is 174 g/mol. The summed E-state index contributed by atoms with van der Waals surface area (Å²) in [5.41, 5.74) is 5.45. The summed E-state index contributed by atoms with van der Waals surface area (Å²) in [5.74, 6) is 1.35. The third-order valence-electron chi connectivity index (χ3n) is 4.74. The minimum atomic E-state index is -0.544. The number of hydrogen-bond acceptors (Lipinski definition) is 2. The second kappa shape index (κ2) is 3.21. The fourth-order valence-electron chi connectivity index (χ4n) is 3.13. The second-order valence-corrected chi connectivity index (χ2v) is 5.53. The van der Waals surface area contributed by atoms with Crippen molar-refractivity contribution in [3.8, 4) is 0 Å². The van der Waals surface area contributed by atoms with Crippen molar-refractivity contribution in [1.82, 2.24) is 0 Å². The van der Waals surface area contributed by atoms with Gasteiger partial charge in [-0.05, 0) is 43.9 Å². The van der Waals surface area contributed by atoms with Crippen LogP contribution in [0.15, 0.2) is 0 Å². The number of aliphatic hydroxyl groups is 1. The SMILES string of the molecule is CCC1CCC(O)(C2(N)CC2C)CC1. The Morgan fingerprint density at radius 1 is 1.36 bits per heavy atom. The molecule has 0 amide bonds. The van der Waals surface area contributed by atoms with E-state index >= 15 is 0 Å². The smallest absolute Gasteiger partial charge is 0.0829 e. The van der Waals surface area contributed by atoms with E-state index in [0.717, 1.165) is 25.2 Å². The first-order chi connectivity index (χ1) is 6.52. The molecular formula is C12H23NO. The van der Waals surface area contributed by atoms with E-state index in [9.17, 15) is 5.11 Å². The van der Waals surface area contributed by atoms with Crippen LogP contribution in [0.1, 0.15) is 52.4 Å². The summed E-state index contributed by atoms with van der Waals surface area (Å²) in [4.78, 5) is 0. The summed E-state index contributed by atoms with van der Waals surface area (Å²) in [7, 11) is 0. The molecule has 2 heteroatoms. The maximum absolute atomic E-state index is 10.5. The predicted molar refractivity (Wildman–Crippen MR) is 57.9 cm³/mol. The summed E-state index contributed by atoms with van der Waals surface area (Å²) >= 11 is 0. The Morgan fingerprint density at radius 2 is 1.86 bits per heavy atom. The Labute approximate surface area is 86.9 Å². The lowest BCUT2D eigenvalue weighted by Gasteiger charge is -2.41. The summed E-state index contributed by atoms with van der Waals surface area (Å²) < 4.78 is 0. The number of hydrogen-bond donors (Lipinski definition) is 2. The molecule has 2 nitrogen and oxygen atoms in total. The van der Waals surface area contributed by atoms with Gasteiger partial charge >= 0.3 is 0 Å². The molecule has 0 bridgehead atoms. The van der Waals surface area contributed by atoms with Crippen molar-refractivity contribution in [2.24, 2.45) is 17.6 Å². The molecule has 0 aliphatic heterocycles. The zero-order valence-corrected chi connectivity index (χ0v) is 9.42. The van der Waals surface area contributed by atoms with Gasteiger partial charge in [0.2, 0.25) is 0 Å². The first-order valence-electron chi connectivity index (χ1n) is 6.03. The maximum atomic E-state index is 10.5. The lowest BCUT2D eigenvalue weighted by molar-refractivity contribution is -0.0444. The van der Waals surface area contributed by atoms with Crippen LogP contribution in [0, 0.1) is 11.8 Å². The van der Waals surface area contributed by atoms with Gasteiger partial charge < -0.3 is 10.8 Å². The van der Waals surface area contributed by atoms with Crippen molar-refractivity contribution in [2.75, 3.05) is 0 Å². The molecule has 2 aliphatic rings. The molecule has 0 aromatic carbocycles. The molecule has 82 valence electrons. The highest BCUT2D eigenvalue weighted by Gasteiger charge is 2.61. The minimum Gasteiger partial charge on any atom is -0.388 e. The van der Waals surface area contributed by atoms with E-state index < -0.39 is 5.60 Å². The van der Waals surface area contributed by atoms with Crippen LogP contribution >= 0.6 is 0 Å². The Kier molecular flexibility index (Phi) is 2.39. The van der Waals surface area contributed by atoms with Crippen molar-refractivity contribution in [1.29, 1.82) is 0 Å². The molecule has 0 saturated heterocycles. The Morgan fingerprint density at radius 3 is 2.21 bits per heavy atom. The van der Waals surface area contributed by atoms with Crippen LogP contribution in [-0.2, 0) is 0 Å². The van der Waals surface area contributed by atoms with Gasteiger partial charge in [0.1, 0.15) is 0 Å². The quantitative estimate of drug-likeness (QED) is 0.711. The molecule has 2 aliphatic carbocycles. The second-order valence-electron chi connectivity index (χ2n) is 5.53. The molecule has 2 atom stereocenters. The van der Waals surface area contributed by atoms with Crippen LogP contribution in [0.5, 0.6) is 0 Å².